The minimum atomic E-state index is -0.124. The second kappa shape index (κ2) is 10.5. The maximum Gasteiger partial charge on any atom is 0.235 e. The van der Waals surface area contributed by atoms with Gasteiger partial charge in [-0.25, -0.2) is 0 Å². The van der Waals surface area contributed by atoms with Gasteiger partial charge in [-0.05, 0) is 49.7 Å². The average Bonchev–Trinajstić information content (AvgIpc) is 3.29. The van der Waals surface area contributed by atoms with Crippen LogP contribution in [0.5, 0.6) is 0 Å². The van der Waals surface area contributed by atoms with Crippen molar-refractivity contribution in [1.29, 1.82) is 5.26 Å². The molecule has 3 aromatic rings. The third-order valence-electron chi connectivity index (χ3n) is 5.99. The molecule has 0 spiro atoms. The predicted octanol–water partition coefficient (Wildman–Crippen LogP) is 6.02. The van der Waals surface area contributed by atoms with Crippen molar-refractivity contribution in [3.8, 4) is 17.5 Å². The number of aromatic nitrogens is 3. The summed E-state index contributed by atoms with van der Waals surface area (Å²) in [6, 6.07) is 10.7. The number of carbonyl (C=O) groups is 1. The lowest BCUT2D eigenvalue weighted by Gasteiger charge is -2.09. The molecular weight excluding hydrogens is 450 g/mol. The van der Waals surface area contributed by atoms with Gasteiger partial charge in [0.05, 0.1) is 11.3 Å². The molecule has 1 amide bonds. The summed E-state index contributed by atoms with van der Waals surface area (Å²) in [7, 11) is 0. The van der Waals surface area contributed by atoms with Crippen molar-refractivity contribution in [1.82, 2.24) is 14.8 Å². The van der Waals surface area contributed by atoms with Crippen LogP contribution in [0.15, 0.2) is 29.4 Å². The average molecular weight is 480 g/mol. The van der Waals surface area contributed by atoms with E-state index in [1.165, 1.54) is 28.6 Å². The highest BCUT2D eigenvalue weighted by molar-refractivity contribution is 7.99. The summed E-state index contributed by atoms with van der Waals surface area (Å²) in [4.78, 5) is 14.0. The first-order valence-corrected chi connectivity index (χ1v) is 13.3. The van der Waals surface area contributed by atoms with E-state index >= 15 is 0 Å². The zero-order valence-electron chi connectivity index (χ0n) is 19.4. The minimum Gasteiger partial charge on any atom is -0.316 e. The number of fused-ring (bicyclic) bond motifs is 1. The fourth-order valence-corrected chi connectivity index (χ4v) is 6.21. The molecule has 8 heteroatoms. The van der Waals surface area contributed by atoms with Crippen LogP contribution in [0.3, 0.4) is 0 Å². The van der Waals surface area contributed by atoms with Crippen LogP contribution in [-0.2, 0) is 24.2 Å². The van der Waals surface area contributed by atoms with Gasteiger partial charge in [-0.3, -0.25) is 4.79 Å². The van der Waals surface area contributed by atoms with Crippen molar-refractivity contribution >= 4 is 34.0 Å². The molecule has 0 bridgehead atoms. The van der Waals surface area contributed by atoms with Crippen molar-refractivity contribution in [3.63, 3.8) is 0 Å². The number of hydrogen-bond acceptors (Lipinski definition) is 6. The number of rotatable bonds is 7. The lowest BCUT2D eigenvalue weighted by atomic mass is 10.0. The molecule has 4 rings (SSSR count). The normalized spacial score (nSPS) is 13.4. The Bertz CT molecular complexity index is 1170. The van der Waals surface area contributed by atoms with Crippen molar-refractivity contribution in [3.05, 3.63) is 45.8 Å². The zero-order chi connectivity index (χ0) is 23.4. The molecule has 0 saturated carbocycles. The largest absolute Gasteiger partial charge is 0.316 e. The van der Waals surface area contributed by atoms with E-state index in [2.05, 4.69) is 66.6 Å². The van der Waals surface area contributed by atoms with Crippen molar-refractivity contribution in [2.45, 2.75) is 70.5 Å². The Morgan fingerprint density at radius 2 is 1.97 bits per heavy atom. The van der Waals surface area contributed by atoms with Crippen molar-refractivity contribution in [2.75, 3.05) is 11.1 Å². The number of nitrogens with zero attached hydrogens (tertiary/aromatic N) is 4. The molecule has 1 N–H and O–H groups in total. The summed E-state index contributed by atoms with van der Waals surface area (Å²) in [6.07, 6.45) is 5.39. The maximum absolute atomic E-state index is 12.7. The van der Waals surface area contributed by atoms with E-state index in [4.69, 9.17) is 0 Å². The van der Waals surface area contributed by atoms with Gasteiger partial charge in [0.15, 0.2) is 11.0 Å². The topological polar surface area (TPSA) is 83.6 Å². The fourth-order valence-electron chi connectivity index (χ4n) is 4.15. The summed E-state index contributed by atoms with van der Waals surface area (Å²) < 4.78 is 2.04. The molecule has 0 atom stereocenters. The second-order valence-electron chi connectivity index (χ2n) is 8.54. The van der Waals surface area contributed by atoms with Crippen LogP contribution in [0.1, 0.15) is 67.5 Å². The molecule has 0 radical (unpaired) electrons. The van der Waals surface area contributed by atoms with Gasteiger partial charge in [0.2, 0.25) is 5.91 Å². The SMILES string of the molecule is CCn1c(SCC(=O)Nc2sc3c(c2C#N)CCCCC3)nnc1-c1ccc(C(C)C)cc1. The van der Waals surface area contributed by atoms with Crippen LogP contribution in [0, 0.1) is 11.3 Å². The van der Waals surface area contributed by atoms with Gasteiger partial charge in [-0.1, -0.05) is 56.3 Å². The van der Waals surface area contributed by atoms with E-state index in [1.807, 2.05) is 4.57 Å². The summed E-state index contributed by atoms with van der Waals surface area (Å²) in [5.74, 6) is 1.39. The van der Waals surface area contributed by atoms with Gasteiger partial charge in [0, 0.05) is 17.0 Å². The first-order valence-electron chi connectivity index (χ1n) is 11.5. The molecule has 1 aromatic carbocycles. The lowest BCUT2D eigenvalue weighted by molar-refractivity contribution is -0.113. The lowest BCUT2D eigenvalue weighted by Crippen LogP contribution is -2.14. The van der Waals surface area contributed by atoms with Gasteiger partial charge >= 0.3 is 0 Å². The number of thiophene rings is 1. The fraction of sp³-hybridized carbons (Fsp3) is 0.440. The van der Waals surface area contributed by atoms with E-state index in [0.717, 1.165) is 47.8 Å². The van der Waals surface area contributed by atoms with E-state index in [1.54, 1.807) is 11.3 Å². The Hall–Kier alpha value is -2.63. The molecule has 0 unspecified atom stereocenters. The number of nitrogens with one attached hydrogen (secondary N) is 1. The number of thioether (sulfide) groups is 1. The van der Waals surface area contributed by atoms with Gasteiger partial charge < -0.3 is 9.88 Å². The van der Waals surface area contributed by atoms with Crippen molar-refractivity contribution < 1.29 is 4.79 Å². The third kappa shape index (κ3) is 5.15. The Labute approximate surface area is 203 Å². The standard InChI is InChI=1S/C25H29N5OS2/c1-4-30-23(18-12-10-17(11-13-18)16(2)3)28-29-25(30)32-15-22(31)27-24-20(14-26)19-8-6-5-7-9-21(19)33-24/h10-13,16H,4-9,15H2,1-3H3,(H,27,31). The maximum atomic E-state index is 12.7. The van der Waals surface area contributed by atoms with E-state index < -0.39 is 0 Å². The van der Waals surface area contributed by atoms with Crippen LogP contribution in [0.4, 0.5) is 5.00 Å². The predicted molar refractivity (Wildman–Crippen MR) is 135 cm³/mol. The minimum absolute atomic E-state index is 0.124. The number of hydrogen-bond donors (Lipinski definition) is 1. The van der Waals surface area contributed by atoms with E-state index in [-0.39, 0.29) is 11.7 Å². The number of anilines is 1. The molecule has 33 heavy (non-hydrogen) atoms. The molecule has 2 heterocycles. The van der Waals surface area contributed by atoms with Crippen LogP contribution >= 0.6 is 23.1 Å². The smallest absolute Gasteiger partial charge is 0.235 e. The summed E-state index contributed by atoms with van der Waals surface area (Å²) in [6.45, 7) is 7.12. The first kappa shape index (κ1) is 23.5. The Morgan fingerprint density at radius 3 is 2.67 bits per heavy atom. The number of nitriles is 1. The highest BCUT2D eigenvalue weighted by Gasteiger charge is 2.21. The molecule has 0 saturated heterocycles. The van der Waals surface area contributed by atoms with Crippen LogP contribution < -0.4 is 5.32 Å². The summed E-state index contributed by atoms with van der Waals surface area (Å²) >= 11 is 2.94. The number of amides is 1. The van der Waals surface area contributed by atoms with Gasteiger partial charge in [0.1, 0.15) is 11.1 Å². The molecule has 2 aromatic heterocycles. The Kier molecular flexibility index (Phi) is 7.51. The van der Waals surface area contributed by atoms with Gasteiger partial charge in [-0.15, -0.1) is 21.5 Å². The summed E-state index contributed by atoms with van der Waals surface area (Å²) in [5.41, 5.74) is 4.10. The van der Waals surface area contributed by atoms with Gasteiger partial charge in [-0.2, -0.15) is 5.26 Å². The van der Waals surface area contributed by atoms with E-state index in [0.29, 0.717) is 23.0 Å². The molecule has 172 valence electrons. The number of benzene rings is 1. The number of carbonyl (C=O) groups excluding carboxylic acids is 1. The molecule has 1 aliphatic carbocycles. The molecule has 0 aliphatic heterocycles. The monoisotopic (exact) mass is 479 g/mol. The van der Waals surface area contributed by atoms with Crippen LogP contribution in [-0.4, -0.2) is 26.4 Å². The first-order chi connectivity index (χ1) is 16.0. The Balaban J connectivity index is 1.45. The molecule has 6 nitrogen and oxygen atoms in total. The third-order valence-corrected chi connectivity index (χ3v) is 8.16. The van der Waals surface area contributed by atoms with Crippen LogP contribution in [0.2, 0.25) is 0 Å². The highest BCUT2D eigenvalue weighted by Crippen LogP contribution is 2.37. The quantitative estimate of drug-likeness (QED) is 0.331. The number of aryl methyl sites for hydroxylation is 1. The van der Waals surface area contributed by atoms with E-state index in [9.17, 15) is 10.1 Å². The Morgan fingerprint density at radius 1 is 1.21 bits per heavy atom. The summed E-state index contributed by atoms with van der Waals surface area (Å²) in [5, 5.41) is 22.8. The van der Waals surface area contributed by atoms with Crippen molar-refractivity contribution in [2.24, 2.45) is 0 Å². The highest BCUT2D eigenvalue weighted by atomic mass is 32.2. The van der Waals surface area contributed by atoms with Crippen LogP contribution in [0.25, 0.3) is 11.4 Å². The zero-order valence-corrected chi connectivity index (χ0v) is 21.0. The van der Waals surface area contributed by atoms with Gasteiger partial charge in [0.25, 0.3) is 0 Å². The molecule has 0 fully saturated rings. The molecular formula is C25H29N5OS2. The molecule has 1 aliphatic rings. The second-order valence-corrected chi connectivity index (χ2v) is 10.6.